The number of guanidine groups is 2. The quantitative estimate of drug-likeness (QED) is 0.0354. The van der Waals surface area contributed by atoms with Crippen molar-refractivity contribution in [3.05, 3.63) is 119 Å². The lowest BCUT2D eigenvalue weighted by atomic mass is 10.1. The molecular formula is C46H52F6N10O4. The molecule has 66 heavy (non-hydrogen) atoms. The molecule has 6 aromatic rings. The molecule has 0 radical (unpaired) electrons. The standard InChI is InChI=1S/2C23H26F3N5O2/c1-4-31(5-2)13-14-7-6-8-15(9-14)33-16-10-18(23(24,25)26)17-12-20(29-19(17)11-16)21(32)30-22(27)28-3;1-4-31(5-2)13-14-7-6-8-15(11-14)33-19-10-9-17(23(24,25)26)16-12-18(29-20(16)19)21(32)30-22(27)28-3/h2*6-12,29H,4-5,13H2,1-3H3,(H3,27,28,30,32). The van der Waals surface area contributed by atoms with E-state index in [1.165, 1.54) is 26.2 Å². The fourth-order valence-corrected chi connectivity index (χ4v) is 6.84. The molecular weight excluding hydrogens is 871 g/mol. The molecule has 14 nitrogen and oxygen atoms in total. The number of ether oxygens (including phenoxy) is 2. The molecule has 4 aromatic carbocycles. The highest BCUT2D eigenvalue weighted by Crippen LogP contribution is 2.41. The average Bonchev–Trinajstić information content (AvgIpc) is 3.93. The number of nitrogens with one attached hydrogen (secondary N) is 4. The van der Waals surface area contributed by atoms with Crippen molar-refractivity contribution in [2.45, 2.75) is 53.1 Å². The number of amides is 2. The van der Waals surface area contributed by atoms with Gasteiger partial charge >= 0.3 is 12.4 Å². The van der Waals surface area contributed by atoms with Gasteiger partial charge in [-0.15, -0.1) is 0 Å². The Morgan fingerprint density at radius 2 is 1.09 bits per heavy atom. The molecule has 0 saturated carbocycles. The van der Waals surface area contributed by atoms with Gasteiger partial charge in [0.25, 0.3) is 11.8 Å². The third-order valence-electron chi connectivity index (χ3n) is 10.4. The second-order valence-corrected chi connectivity index (χ2v) is 14.7. The van der Waals surface area contributed by atoms with Crippen LogP contribution < -0.4 is 31.6 Å². The molecule has 0 aliphatic rings. The van der Waals surface area contributed by atoms with Gasteiger partial charge in [-0.05, 0) is 91.9 Å². The fraction of sp³-hybridized carbons (Fsp3) is 0.304. The van der Waals surface area contributed by atoms with Crippen LogP contribution in [-0.4, -0.2) is 83.8 Å². The molecule has 352 valence electrons. The number of carbonyl (C=O) groups excluding carboxylic acids is 2. The van der Waals surface area contributed by atoms with Gasteiger partial charge in [-0.1, -0.05) is 52.0 Å². The van der Waals surface area contributed by atoms with Crippen molar-refractivity contribution in [3.63, 3.8) is 0 Å². The first kappa shape index (κ1) is 49.9. The molecule has 8 N–H and O–H groups in total. The number of aromatic nitrogens is 2. The minimum atomic E-state index is -4.65. The van der Waals surface area contributed by atoms with Crippen molar-refractivity contribution in [1.82, 2.24) is 30.4 Å². The SMILES string of the molecule is CCN(CC)Cc1cccc(Oc2cc(C(F)(F)F)c3cc(C(=O)NC(N)=NC)[nH]c3c2)c1.CCN(CC)Cc1cccc(Oc2ccc(C(F)(F)F)c3cc(C(=O)NC(N)=NC)[nH]c23)c1. The Bertz CT molecular complexity index is 2700. The summed E-state index contributed by atoms with van der Waals surface area (Å²) in [7, 11) is 2.76. The molecule has 0 atom stereocenters. The van der Waals surface area contributed by atoms with Crippen LogP contribution in [0.15, 0.2) is 94.9 Å². The van der Waals surface area contributed by atoms with Crippen LogP contribution in [-0.2, 0) is 25.4 Å². The molecule has 0 fully saturated rings. The molecule has 0 aliphatic carbocycles. The van der Waals surface area contributed by atoms with Crippen molar-refractivity contribution in [2.75, 3.05) is 40.3 Å². The maximum atomic E-state index is 13.8. The smallest absolute Gasteiger partial charge is 0.417 e. The summed E-state index contributed by atoms with van der Waals surface area (Å²) in [5.41, 5.74) is 11.2. The molecule has 0 aliphatic heterocycles. The number of benzene rings is 4. The maximum absolute atomic E-state index is 13.8. The van der Waals surface area contributed by atoms with E-state index in [-0.39, 0.29) is 56.6 Å². The summed E-state index contributed by atoms with van der Waals surface area (Å²) >= 11 is 0. The molecule has 0 unspecified atom stereocenters. The van der Waals surface area contributed by atoms with E-state index in [1.54, 1.807) is 24.3 Å². The van der Waals surface area contributed by atoms with Gasteiger partial charge in [0.15, 0.2) is 17.7 Å². The van der Waals surface area contributed by atoms with Crippen LogP contribution in [0.2, 0.25) is 0 Å². The predicted octanol–water partition coefficient (Wildman–Crippen LogP) is 8.99. The van der Waals surface area contributed by atoms with Gasteiger partial charge in [0.05, 0.1) is 22.2 Å². The number of halogens is 6. The predicted molar refractivity (Wildman–Crippen MR) is 243 cm³/mol. The Morgan fingerprint density at radius 1 is 0.606 bits per heavy atom. The highest BCUT2D eigenvalue weighted by molar-refractivity contribution is 6.08. The number of nitrogens with two attached hydrogens (primary N) is 2. The summed E-state index contributed by atoms with van der Waals surface area (Å²) in [4.78, 5) is 41.8. The zero-order valence-electron chi connectivity index (χ0n) is 37.2. The van der Waals surface area contributed by atoms with Crippen LogP contribution in [0.5, 0.6) is 23.0 Å². The van der Waals surface area contributed by atoms with Gasteiger partial charge in [0.2, 0.25) is 0 Å². The number of fused-ring (bicyclic) bond motifs is 2. The average molecular weight is 923 g/mol. The number of rotatable bonds is 14. The van der Waals surface area contributed by atoms with E-state index in [4.69, 9.17) is 20.9 Å². The van der Waals surface area contributed by atoms with E-state index in [9.17, 15) is 35.9 Å². The second kappa shape index (κ2) is 21.7. The Kier molecular flexibility index (Phi) is 16.5. The summed E-state index contributed by atoms with van der Waals surface area (Å²) in [5.74, 6) is -0.664. The third kappa shape index (κ3) is 12.8. The highest BCUT2D eigenvalue weighted by Gasteiger charge is 2.35. The Hall–Kier alpha value is -7.06. The summed E-state index contributed by atoms with van der Waals surface area (Å²) in [6, 6.07) is 21.4. The van der Waals surface area contributed by atoms with Gasteiger partial charge < -0.3 is 30.9 Å². The summed E-state index contributed by atoms with van der Waals surface area (Å²) in [5, 5.41) is 4.26. The van der Waals surface area contributed by atoms with Crippen molar-refractivity contribution in [1.29, 1.82) is 0 Å². The zero-order chi connectivity index (χ0) is 48.3. The lowest BCUT2D eigenvalue weighted by Gasteiger charge is -2.18. The normalized spacial score (nSPS) is 12.4. The van der Waals surface area contributed by atoms with Crippen LogP contribution in [0.25, 0.3) is 21.8 Å². The van der Waals surface area contributed by atoms with Gasteiger partial charge in [-0.2, -0.15) is 26.3 Å². The molecule has 20 heteroatoms. The van der Waals surface area contributed by atoms with Crippen molar-refractivity contribution in [2.24, 2.45) is 21.5 Å². The van der Waals surface area contributed by atoms with Gasteiger partial charge in [0.1, 0.15) is 28.6 Å². The van der Waals surface area contributed by atoms with Crippen LogP contribution in [0.4, 0.5) is 26.3 Å². The largest absolute Gasteiger partial charge is 0.457 e. The second-order valence-electron chi connectivity index (χ2n) is 14.7. The Morgan fingerprint density at radius 3 is 1.58 bits per heavy atom. The number of carbonyl (C=O) groups is 2. The summed E-state index contributed by atoms with van der Waals surface area (Å²) < 4.78 is 93.9. The van der Waals surface area contributed by atoms with Crippen LogP contribution in [0, 0.1) is 0 Å². The number of nitrogens with zero attached hydrogens (tertiary/aromatic N) is 4. The van der Waals surface area contributed by atoms with Gasteiger partial charge in [0, 0.05) is 44.0 Å². The first-order valence-electron chi connectivity index (χ1n) is 20.8. The third-order valence-corrected chi connectivity index (χ3v) is 10.4. The molecule has 0 bridgehead atoms. The summed E-state index contributed by atoms with van der Waals surface area (Å²) in [6.07, 6.45) is -9.26. The first-order valence-corrected chi connectivity index (χ1v) is 20.8. The van der Waals surface area contributed by atoms with Crippen LogP contribution in [0.1, 0.15) is 70.9 Å². The van der Waals surface area contributed by atoms with E-state index >= 15 is 0 Å². The molecule has 2 heterocycles. The first-order chi connectivity index (χ1) is 31.3. The van der Waals surface area contributed by atoms with E-state index in [0.717, 1.165) is 68.1 Å². The topological polar surface area (TPSA) is 191 Å². The Balaban J connectivity index is 0.000000247. The number of aliphatic imine (C=N–C) groups is 2. The molecule has 0 saturated heterocycles. The Labute approximate surface area is 377 Å². The summed E-state index contributed by atoms with van der Waals surface area (Å²) in [6.45, 7) is 13.2. The van der Waals surface area contributed by atoms with E-state index in [2.05, 4.69) is 68.1 Å². The number of hydrogen-bond acceptors (Lipinski definition) is 8. The van der Waals surface area contributed by atoms with E-state index in [1.807, 2.05) is 24.3 Å². The molecule has 6 rings (SSSR count). The minimum absolute atomic E-state index is 0.00161. The number of aromatic amines is 2. The van der Waals surface area contributed by atoms with E-state index < -0.39 is 35.3 Å². The van der Waals surface area contributed by atoms with E-state index in [0.29, 0.717) is 18.0 Å². The van der Waals surface area contributed by atoms with Crippen LogP contribution in [0.3, 0.4) is 0 Å². The zero-order valence-corrected chi connectivity index (χ0v) is 37.2. The molecule has 0 spiro atoms. The van der Waals surface area contributed by atoms with Crippen LogP contribution >= 0.6 is 0 Å². The van der Waals surface area contributed by atoms with Gasteiger partial charge in [-0.25, -0.2) is 0 Å². The highest BCUT2D eigenvalue weighted by atomic mass is 19.4. The fourth-order valence-electron chi connectivity index (χ4n) is 6.84. The number of hydrogen-bond donors (Lipinski definition) is 6. The maximum Gasteiger partial charge on any atom is 0.417 e. The number of alkyl halides is 6. The minimum Gasteiger partial charge on any atom is -0.457 e. The molecule has 2 amide bonds. The lowest BCUT2D eigenvalue weighted by Crippen LogP contribution is -2.36. The molecule has 2 aromatic heterocycles. The lowest BCUT2D eigenvalue weighted by molar-refractivity contribution is -0.137. The van der Waals surface area contributed by atoms with Crippen molar-refractivity contribution in [3.8, 4) is 23.0 Å². The monoisotopic (exact) mass is 922 g/mol. The van der Waals surface area contributed by atoms with Crippen molar-refractivity contribution >= 4 is 45.5 Å². The van der Waals surface area contributed by atoms with Gasteiger partial charge in [-0.3, -0.25) is 40.0 Å². The van der Waals surface area contributed by atoms with Crippen molar-refractivity contribution < 1.29 is 45.4 Å². The number of H-pyrrole nitrogens is 2.